The second-order valence-corrected chi connectivity index (χ2v) is 5.29. The number of esters is 1. The maximum Gasteiger partial charge on any atom is 0.328 e. The average molecular weight is 280 g/mol. The molecule has 0 radical (unpaired) electrons. The van der Waals surface area contributed by atoms with Gasteiger partial charge in [-0.2, -0.15) is 0 Å². The molecule has 6 heteroatoms. The summed E-state index contributed by atoms with van der Waals surface area (Å²) in [6.45, 7) is 5.71. The van der Waals surface area contributed by atoms with Gasteiger partial charge in [0.15, 0.2) is 0 Å². The molecule has 2 heterocycles. The Balaban J connectivity index is 2.47. The van der Waals surface area contributed by atoms with Crippen LogP contribution in [-0.4, -0.2) is 22.1 Å². The zero-order valence-electron chi connectivity index (χ0n) is 11.2. The Morgan fingerprint density at radius 3 is 2.89 bits per heavy atom. The fourth-order valence-electron chi connectivity index (χ4n) is 1.81. The third kappa shape index (κ3) is 2.53. The molecule has 0 saturated heterocycles. The highest BCUT2D eigenvalue weighted by Gasteiger charge is 2.19. The molecular formula is C13H16N2O3S. The normalized spacial score (nSPS) is 12.6. The molecule has 2 aromatic rings. The molecular weight excluding hydrogens is 264 g/mol. The van der Waals surface area contributed by atoms with Gasteiger partial charge in [-0.3, -0.25) is 9.36 Å². The molecule has 0 aromatic carbocycles. The Labute approximate surface area is 114 Å². The van der Waals surface area contributed by atoms with E-state index in [-0.39, 0.29) is 5.56 Å². The molecule has 0 aliphatic carbocycles. The number of carbonyl (C=O) groups is 1. The van der Waals surface area contributed by atoms with Gasteiger partial charge in [0.2, 0.25) is 0 Å². The van der Waals surface area contributed by atoms with E-state index in [9.17, 15) is 9.59 Å². The van der Waals surface area contributed by atoms with E-state index in [4.69, 9.17) is 4.74 Å². The van der Waals surface area contributed by atoms with Crippen molar-refractivity contribution in [2.75, 3.05) is 6.61 Å². The van der Waals surface area contributed by atoms with Gasteiger partial charge >= 0.3 is 5.97 Å². The van der Waals surface area contributed by atoms with E-state index in [1.54, 1.807) is 13.8 Å². The smallest absolute Gasteiger partial charge is 0.328 e. The Hall–Kier alpha value is -1.69. The van der Waals surface area contributed by atoms with Crippen LogP contribution < -0.4 is 5.56 Å². The third-order valence-corrected chi connectivity index (χ3v) is 4.11. The Morgan fingerprint density at radius 2 is 2.26 bits per heavy atom. The van der Waals surface area contributed by atoms with Crippen molar-refractivity contribution in [2.45, 2.75) is 33.2 Å². The van der Waals surface area contributed by atoms with Gasteiger partial charge in [0.1, 0.15) is 10.9 Å². The van der Waals surface area contributed by atoms with Gasteiger partial charge in [0.05, 0.1) is 18.3 Å². The highest BCUT2D eigenvalue weighted by atomic mass is 32.1. The van der Waals surface area contributed by atoms with Crippen molar-refractivity contribution in [1.29, 1.82) is 0 Å². The van der Waals surface area contributed by atoms with Crippen LogP contribution in [-0.2, 0) is 16.0 Å². The van der Waals surface area contributed by atoms with E-state index in [2.05, 4.69) is 4.98 Å². The summed E-state index contributed by atoms with van der Waals surface area (Å²) >= 11 is 1.51. The number of ether oxygens (including phenoxy) is 1. The molecule has 0 fully saturated rings. The molecule has 19 heavy (non-hydrogen) atoms. The molecule has 0 saturated carbocycles. The molecule has 1 unspecified atom stereocenters. The second kappa shape index (κ2) is 5.52. The predicted octanol–water partition coefficient (Wildman–Crippen LogP) is 2.14. The number of aryl methyl sites for hydroxylation is 1. The number of nitrogens with zero attached hydrogens (tertiary/aromatic N) is 2. The van der Waals surface area contributed by atoms with Crippen LogP contribution in [0, 0.1) is 0 Å². The summed E-state index contributed by atoms with van der Waals surface area (Å²) in [6, 6.07) is 1.19. The van der Waals surface area contributed by atoms with E-state index in [1.165, 1.54) is 22.2 Å². The SMILES string of the molecule is CCOC(=O)C(C)n1cnc2sc(CC)cc2c1=O. The zero-order valence-corrected chi connectivity index (χ0v) is 12.0. The summed E-state index contributed by atoms with van der Waals surface area (Å²) < 4.78 is 6.25. The minimum Gasteiger partial charge on any atom is -0.464 e. The largest absolute Gasteiger partial charge is 0.464 e. The van der Waals surface area contributed by atoms with Crippen LogP contribution in [0.5, 0.6) is 0 Å². The number of hydrogen-bond donors (Lipinski definition) is 0. The van der Waals surface area contributed by atoms with Crippen LogP contribution in [0.1, 0.15) is 31.7 Å². The van der Waals surface area contributed by atoms with Gasteiger partial charge in [-0.25, -0.2) is 9.78 Å². The number of rotatable bonds is 4. The van der Waals surface area contributed by atoms with Crippen molar-refractivity contribution < 1.29 is 9.53 Å². The first-order valence-corrected chi connectivity index (χ1v) is 7.06. The number of hydrogen-bond acceptors (Lipinski definition) is 5. The molecule has 0 spiro atoms. The first-order valence-electron chi connectivity index (χ1n) is 6.24. The van der Waals surface area contributed by atoms with Gasteiger partial charge in [-0.15, -0.1) is 11.3 Å². The predicted molar refractivity (Wildman–Crippen MR) is 74.6 cm³/mol. The maximum atomic E-state index is 12.3. The van der Waals surface area contributed by atoms with Crippen LogP contribution >= 0.6 is 11.3 Å². The lowest BCUT2D eigenvalue weighted by Crippen LogP contribution is -2.29. The Kier molecular flexibility index (Phi) is 3.99. The van der Waals surface area contributed by atoms with Gasteiger partial charge in [-0.1, -0.05) is 6.92 Å². The lowest BCUT2D eigenvalue weighted by atomic mass is 10.3. The van der Waals surface area contributed by atoms with Gasteiger partial charge < -0.3 is 4.74 Å². The highest BCUT2D eigenvalue weighted by molar-refractivity contribution is 7.18. The molecule has 5 nitrogen and oxygen atoms in total. The van der Waals surface area contributed by atoms with Crippen LogP contribution in [0.25, 0.3) is 10.2 Å². The molecule has 0 bridgehead atoms. The van der Waals surface area contributed by atoms with Crippen LogP contribution in [0.3, 0.4) is 0 Å². The summed E-state index contributed by atoms with van der Waals surface area (Å²) in [6.07, 6.45) is 2.29. The van der Waals surface area contributed by atoms with Crippen molar-refractivity contribution >= 4 is 27.5 Å². The van der Waals surface area contributed by atoms with E-state index in [0.29, 0.717) is 16.8 Å². The van der Waals surface area contributed by atoms with Crippen molar-refractivity contribution in [3.63, 3.8) is 0 Å². The first-order chi connectivity index (χ1) is 9.08. The maximum absolute atomic E-state index is 12.3. The lowest BCUT2D eigenvalue weighted by Gasteiger charge is -2.12. The Morgan fingerprint density at radius 1 is 1.53 bits per heavy atom. The van der Waals surface area contributed by atoms with Gasteiger partial charge in [0, 0.05) is 4.88 Å². The zero-order chi connectivity index (χ0) is 14.0. The minimum absolute atomic E-state index is 0.193. The van der Waals surface area contributed by atoms with E-state index in [0.717, 1.165) is 11.3 Å². The van der Waals surface area contributed by atoms with Crippen molar-refractivity contribution in [3.8, 4) is 0 Å². The molecule has 0 amide bonds. The fraction of sp³-hybridized carbons (Fsp3) is 0.462. The molecule has 2 aromatic heterocycles. The highest BCUT2D eigenvalue weighted by Crippen LogP contribution is 2.21. The number of aromatic nitrogens is 2. The van der Waals surface area contributed by atoms with Gasteiger partial charge in [-0.05, 0) is 26.3 Å². The molecule has 0 N–H and O–H groups in total. The quantitative estimate of drug-likeness (QED) is 0.805. The minimum atomic E-state index is -0.658. The summed E-state index contributed by atoms with van der Waals surface area (Å²) in [5.74, 6) is -0.420. The summed E-state index contributed by atoms with van der Waals surface area (Å²) in [5, 5.41) is 0.570. The molecule has 102 valence electrons. The summed E-state index contributed by atoms with van der Waals surface area (Å²) in [5.41, 5.74) is -0.193. The standard InChI is InChI=1S/C13H16N2O3S/c1-4-9-6-10-11(19-9)14-7-15(12(10)16)8(3)13(17)18-5-2/h6-8H,4-5H2,1-3H3. The lowest BCUT2D eigenvalue weighted by molar-refractivity contribution is -0.146. The Bertz CT molecular complexity index is 659. The van der Waals surface area contributed by atoms with Gasteiger partial charge in [0.25, 0.3) is 5.56 Å². The van der Waals surface area contributed by atoms with Crippen molar-refractivity contribution in [3.05, 3.63) is 27.6 Å². The summed E-state index contributed by atoms with van der Waals surface area (Å²) in [4.78, 5) is 30.1. The topological polar surface area (TPSA) is 61.2 Å². The van der Waals surface area contributed by atoms with Crippen LogP contribution in [0.15, 0.2) is 17.2 Å². The second-order valence-electron chi connectivity index (χ2n) is 4.17. The van der Waals surface area contributed by atoms with E-state index >= 15 is 0 Å². The number of thiophene rings is 1. The monoisotopic (exact) mass is 280 g/mol. The number of fused-ring (bicyclic) bond motifs is 1. The molecule has 0 aliphatic rings. The van der Waals surface area contributed by atoms with Crippen molar-refractivity contribution in [2.24, 2.45) is 0 Å². The average Bonchev–Trinajstić information content (AvgIpc) is 2.83. The van der Waals surface area contributed by atoms with Crippen LogP contribution in [0.2, 0.25) is 0 Å². The van der Waals surface area contributed by atoms with Crippen molar-refractivity contribution in [1.82, 2.24) is 9.55 Å². The van der Waals surface area contributed by atoms with E-state index in [1.807, 2.05) is 13.0 Å². The fourth-order valence-corrected chi connectivity index (χ4v) is 2.74. The van der Waals surface area contributed by atoms with Crippen LogP contribution in [0.4, 0.5) is 0 Å². The summed E-state index contributed by atoms with van der Waals surface area (Å²) in [7, 11) is 0. The number of carbonyl (C=O) groups excluding carboxylic acids is 1. The molecule has 1 atom stereocenters. The first kappa shape index (κ1) is 13.7. The van der Waals surface area contributed by atoms with E-state index < -0.39 is 12.0 Å². The molecule has 0 aliphatic heterocycles. The molecule has 2 rings (SSSR count). The third-order valence-electron chi connectivity index (χ3n) is 2.92.